The van der Waals surface area contributed by atoms with Crippen LogP contribution >= 0.6 is 11.6 Å². The quantitative estimate of drug-likeness (QED) is 0.803. The molecule has 0 saturated carbocycles. The Labute approximate surface area is 117 Å². The Balaban J connectivity index is 2.45. The number of carbonyl (C=O) groups is 1. The van der Waals surface area contributed by atoms with E-state index in [0.717, 1.165) is 23.1 Å². The highest BCUT2D eigenvalue weighted by Gasteiger charge is 2.17. The number of methoxy groups -OCH3 is 1. The first-order valence-electron chi connectivity index (χ1n) is 5.87. The van der Waals surface area contributed by atoms with Crippen molar-refractivity contribution in [2.24, 2.45) is 0 Å². The molecule has 2 rings (SSSR count). The van der Waals surface area contributed by atoms with Crippen LogP contribution in [0.4, 0.5) is 0 Å². The average Bonchev–Trinajstić information content (AvgIpc) is 2.41. The molecule has 0 aliphatic rings. The van der Waals surface area contributed by atoms with Crippen LogP contribution in [0.5, 0.6) is 5.75 Å². The molecule has 0 amide bonds. The summed E-state index contributed by atoms with van der Waals surface area (Å²) in [5.41, 5.74) is 2.52. The lowest BCUT2D eigenvalue weighted by Crippen LogP contribution is -2.04. The van der Waals surface area contributed by atoms with E-state index in [1.807, 2.05) is 25.1 Å². The molecule has 1 atom stereocenters. The van der Waals surface area contributed by atoms with Crippen molar-refractivity contribution in [3.8, 4) is 5.75 Å². The SMILES string of the molecule is COc1ccc(C(C=O)c2ccnc(C)c2)c(Cl)c1. The van der Waals surface area contributed by atoms with E-state index in [4.69, 9.17) is 16.3 Å². The van der Waals surface area contributed by atoms with Crippen molar-refractivity contribution in [3.63, 3.8) is 0 Å². The monoisotopic (exact) mass is 275 g/mol. The van der Waals surface area contributed by atoms with Gasteiger partial charge in [0.05, 0.1) is 13.0 Å². The van der Waals surface area contributed by atoms with Crippen molar-refractivity contribution in [1.82, 2.24) is 4.98 Å². The van der Waals surface area contributed by atoms with Gasteiger partial charge in [0.2, 0.25) is 0 Å². The van der Waals surface area contributed by atoms with Gasteiger partial charge in [-0.2, -0.15) is 0 Å². The number of aromatic nitrogens is 1. The minimum atomic E-state index is -0.389. The van der Waals surface area contributed by atoms with Crippen LogP contribution in [-0.4, -0.2) is 18.4 Å². The molecule has 0 spiro atoms. The highest BCUT2D eigenvalue weighted by Crippen LogP contribution is 2.31. The Kier molecular flexibility index (Phi) is 4.17. The molecule has 0 radical (unpaired) electrons. The van der Waals surface area contributed by atoms with E-state index in [0.29, 0.717) is 10.8 Å². The first kappa shape index (κ1) is 13.6. The second-order valence-corrected chi connectivity index (χ2v) is 4.64. The van der Waals surface area contributed by atoms with Crippen LogP contribution in [0.3, 0.4) is 0 Å². The molecule has 0 aliphatic heterocycles. The number of ether oxygens (including phenoxy) is 1. The number of halogens is 1. The van der Waals surface area contributed by atoms with Gasteiger partial charge < -0.3 is 9.53 Å². The maximum Gasteiger partial charge on any atom is 0.131 e. The van der Waals surface area contributed by atoms with Gasteiger partial charge in [0.1, 0.15) is 12.0 Å². The average molecular weight is 276 g/mol. The maximum atomic E-state index is 11.4. The minimum Gasteiger partial charge on any atom is -0.497 e. The smallest absolute Gasteiger partial charge is 0.131 e. The second-order valence-electron chi connectivity index (χ2n) is 4.23. The van der Waals surface area contributed by atoms with Gasteiger partial charge in [0, 0.05) is 16.9 Å². The number of carbonyl (C=O) groups excluding carboxylic acids is 1. The van der Waals surface area contributed by atoms with Gasteiger partial charge in [-0.05, 0) is 42.3 Å². The Bertz CT molecular complexity index is 598. The fraction of sp³-hybridized carbons (Fsp3) is 0.200. The van der Waals surface area contributed by atoms with Crippen molar-refractivity contribution in [3.05, 3.63) is 58.4 Å². The summed E-state index contributed by atoms with van der Waals surface area (Å²) in [6.07, 6.45) is 2.58. The van der Waals surface area contributed by atoms with Crippen LogP contribution in [0, 0.1) is 6.92 Å². The van der Waals surface area contributed by atoms with Gasteiger partial charge in [-0.3, -0.25) is 4.98 Å². The molecule has 0 fully saturated rings. The number of nitrogens with zero attached hydrogens (tertiary/aromatic N) is 1. The number of hydrogen-bond acceptors (Lipinski definition) is 3. The van der Waals surface area contributed by atoms with Crippen molar-refractivity contribution in [2.45, 2.75) is 12.8 Å². The summed E-state index contributed by atoms with van der Waals surface area (Å²) in [6, 6.07) is 9.04. The summed E-state index contributed by atoms with van der Waals surface area (Å²) < 4.78 is 5.11. The van der Waals surface area contributed by atoms with Crippen molar-refractivity contribution in [2.75, 3.05) is 7.11 Å². The Morgan fingerprint density at radius 2 is 2.11 bits per heavy atom. The van der Waals surface area contributed by atoms with Gasteiger partial charge in [-0.25, -0.2) is 0 Å². The van der Waals surface area contributed by atoms with Gasteiger partial charge in [0.25, 0.3) is 0 Å². The van der Waals surface area contributed by atoms with Crippen LogP contribution in [-0.2, 0) is 4.79 Å². The third-order valence-corrected chi connectivity index (χ3v) is 3.29. The fourth-order valence-corrected chi connectivity index (χ4v) is 2.27. The number of rotatable bonds is 4. The van der Waals surface area contributed by atoms with E-state index in [9.17, 15) is 4.79 Å². The molecule has 1 aromatic heterocycles. The Morgan fingerprint density at radius 1 is 1.32 bits per heavy atom. The molecule has 4 heteroatoms. The molecule has 98 valence electrons. The predicted octanol–water partition coefficient (Wildman–Crippen LogP) is 3.38. The number of pyridine rings is 1. The molecule has 1 aromatic carbocycles. The Hall–Kier alpha value is -1.87. The summed E-state index contributed by atoms with van der Waals surface area (Å²) in [5.74, 6) is 0.282. The summed E-state index contributed by atoms with van der Waals surface area (Å²) in [6.45, 7) is 1.89. The zero-order valence-corrected chi connectivity index (χ0v) is 11.5. The van der Waals surface area contributed by atoms with Gasteiger partial charge in [0.15, 0.2) is 0 Å². The van der Waals surface area contributed by atoms with E-state index in [2.05, 4.69) is 4.98 Å². The summed E-state index contributed by atoms with van der Waals surface area (Å²) in [7, 11) is 1.58. The van der Waals surface area contributed by atoms with Crippen molar-refractivity contribution in [1.29, 1.82) is 0 Å². The van der Waals surface area contributed by atoms with Crippen LogP contribution in [0.15, 0.2) is 36.5 Å². The largest absolute Gasteiger partial charge is 0.497 e. The number of aryl methyl sites for hydroxylation is 1. The third-order valence-electron chi connectivity index (χ3n) is 2.96. The van der Waals surface area contributed by atoms with Crippen LogP contribution < -0.4 is 4.74 Å². The first-order valence-corrected chi connectivity index (χ1v) is 6.24. The van der Waals surface area contributed by atoms with E-state index in [1.165, 1.54) is 0 Å². The zero-order chi connectivity index (χ0) is 13.8. The first-order chi connectivity index (χ1) is 9.15. The summed E-state index contributed by atoms with van der Waals surface area (Å²) in [4.78, 5) is 15.5. The van der Waals surface area contributed by atoms with Gasteiger partial charge >= 0.3 is 0 Å². The standard InChI is InChI=1S/C15H14ClNO2/c1-10-7-11(5-6-17-10)14(9-18)13-4-3-12(19-2)8-15(13)16/h3-9,14H,1-2H3. The lowest BCUT2D eigenvalue weighted by Gasteiger charge is -2.14. The van der Waals surface area contributed by atoms with Gasteiger partial charge in [-0.1, -0.05) is 17.7 Å². The van der Waals surface area contributed by atoms with Crippen molar-refractivity contribution >= 4 is 17.9 Å². The van der Waals surface area contributed by atoms with Crippen LogP contribution in [0.1, 0.15) is 22.7 Å². The topological polar surface area (TPSA) is 39.2 Å². The predicted molar refractivity (Wildman–Crippen MR) is 74.9 cm³/mol. The molecular formula is C15H14ClNO2. The normalized spacial score (nSPS) is 11.9. The summed E-state index contributed by atoms with van der Waals surface area (Å²) >= 11 is 6.22. The lowest BCUT2D eigenvalue weighted by atomic mass is 9.93. The maximum absolute atomic E-state index is 11.4. The third kappa shape index (κ3) is 2.93. The molecule has 1 unspecified atom stereocenters. The molecule has 0 saturated heterocycles. The number of aldehydes is 1. The molecule has 0 aliphatic carbocycles. The molecule has 3 nitrogen and oxygen atoms in total. The van der Waals surface area contributed by atoms with E-state index in [-0.39, 0.29) is 5.92 Å². The summed E-state index contributed by atoms with van der Waals surface area (Å²) in [5, 5.41) is 0.519. The number of benzene rings is 1. The zero-order valence-electron chi connectivity index (χ0n) is 10.8. The molecule has 1 heterocycles. The molecular weight excluding hydrogens is 262 g/mol. The van der Waals surface area contributed by atoms with Crippen LogP contribution in [0.25, 0.3) is 0 Å². The molecule has 0 bridgehead atoms. The molecule has 2 aromatic rings. The van der Waals surface area contributed by atoms with E-state index < -0.39 is 0 Å². The minimum absolute atomic E-state index is 0.389. The number of hydrogen-bond donors (Lipinski definition) is 0. The fourth-order valence-electron chi connectivity index (χ4n) is 1.98. The highest BCUT2D eigenvalue weighted by molar-refractivity contribution is 6.31. The molecule has 19 heavy (non-hydrogen) atoms. The lowest BCUT2D eigenvalue weighted by molar-refractivity contribution is -0.108. The Morgan fingerprint density at radius 3 is 2.68 bits per heavy atom. The van der Waals surface area contributed by atoms with Crippen molar-refractivity contribution < 1.29 is 9.53 Å². The molecule has 0 N–H and O–H groups in total. The highest BCUT2D eigenvalue weighted by atomic mass is 35.5. The van der Waals surface area contributed by atoms with Crippen LogP contribution in [0.2, 0.25) is 5.02 Å². The van der Waals surface area contributed by atoms with E-state index >= 15 is 0 Å². The van der Waals surface area contributed by atoms with E-state index in [1.54, 1.807) is 25.4 Å². The second kappa shape index (κ2) is 5.85. The van der Waals surface area contributed by atoms with Gasteiger partial charge in [-0.15, -0.1) is 0 Å².